The number of methoxy groups -OCH3 is 1. The Morgan fingerprint density at radius 2 is 2.12 bits per heavy atom. The third kappa shape index (κ3) is 3.74. The van der Waals surface area contributed by atoms with Crippen LogP contribution >= 0.6 is 0 Å². The number of rotatable bonds is 5. The van der Waals surface area contributed by atoms with Gasteiger partial charge in [0.1, 0.15) is 0 Å². The van der Waals surface area contributed by atoms with Gasteiger partial charge >= 0.3 is 6.03 Å². The summed E-state index contributed by atoms with van der Waals surface area (Å²) in [5, 5.41) is 9.81. The number of carbonyl (C=O) groups is 1. The third-order valence-electron chi connectivity index (χ3n) is 3.52. The zero-order chi connectivity index (χ0) is 17.6. The number of nitrogens with zero attached hydrogens (tertiary/aromatic N) is 4. The number of hydrogen-bond acceptors (Lipinski definition) is 5. The molecule has 0 bridgehead atoms. The molecule has 2 amide bonds. The summed E-state index contributed by atoms with van der Waals surface area (Å²) in [5.41, 5.74) is 3.06. The smallest absolute Gasteiger partial charge is 0.314 e. The van der Waals surface area contributed by atoms with Gasteiger partial charge in [-0.15, -0.1) is 0 Å². The molecule has 25 heavy (non-hydrogen) atoms. The van der Waals surface area contributed by atoms with E-state index in [9.17, 15) is 4.79 Å². The summed E-state index contributed by atoms with van der Waals surface area (Å²) in [7, 11) is 3.13. The molecule has 128 valence electrons. The lowest BCUT2D eigenvalue weighted by Crippen LogP contribution is -2.32. The van der Waals surface area contributed by atoms with Crippen LogP contribution in [0.5, 0.6) is 5.88 Å². The Labute approximate surface area is 144 Å². The maximum atomic E-state index is 11.4. The van der Waals surface area contributed by atoms with E-state index in [1.54, 1.807) is 37.3 Å². The Bertz CT molecular complexity index is 845. The van der Waals surface area contributed by atoms with E-state index in [-0.39, 0.29) is 6.03 Å². The molecule has 0 fully saturated rings. The van der Waals surface area contributed by atoms with Gasteiger partial charge in [0.2, 0.25) is 5.88 Å². The highest BCUT2D eigenvalue weighted by Crippen LogP contribution is 2.22. The van der Waals surface area contributed by atoms with E-state index in [1.807, 2.05) is 30.3 Å². The summed E-state index contributed by atoms with van der Waals surface area (Å²) in [6, 6.07) is 10.9. The van der Waals surface area contributed by atoms with Crippen LogP contribution in [-0.2, 0) is 6.54 Å². The fourth-order valence-corrected chi connectivity index (χ4v) is 2.29. The number of aromatic nitrogens is 4. The van der Waals surface area contributed by atoms with Crippen LogP contribution in [-0.4, -0.2) is 39.9 Å². The van der Waals surface area contributed by atoms with Gasteiger partial charge in [0.15, 0.2) is 0 Å². The highest BCUT2D eigenvalue weighted by atomic mass is 16.5. The number of amides is 2. The molecule has 0 saturated carbocycles. The molecule has 3 aromatic heterocycles. The Balaban J connectivity index is 1.98. The minimum Gasteiger partial charge on any atom is -0.481 e. The number of ether oxygens (including phenoxy) is 1. The maximum absolute atomic E-state index is 11.4. The predicted octanol–water partition coefficient (Wildman–Crippen LogP) is 1.77. The number of carbonyl (C=O) groups excluding carboxylic acids is 1. The van der Waals surface area contributed by atoms with Gasteiger partial charge in [-0.1, -0.05) is 6.07 Å². The van der Waals surface area contributed by atoms with Gasteiger partial charge < -0.3 is 15.4 Å². The monoisotopic (exact) mass is 338 g/mol. The van der Waals surface area contributed by atoms with Crippen molar-refractivity contribution < 1.29 is 9.53 Å². The predicted molar refractivity (Wildman–Crippen MR) is 92.4 cm³/mol. The number of pyridine rings is 2. The van der Waals surface area contributed by atoms with Crippen molar-refractivity contribution in [2.75, 3.05) is 14.2 Å². The summed E-state index contributed by atoms with van der Waals surface area (Å²) in [4.78, 5) is 20.0. The molecule has 3 rings (SSSR count). The van der Waals surface area contributed by atoms with Crippen LogP contribution in [0.2, 0.25) is 0 Å². The normalized spacial score (nSPS) is 10.3. The van der Waals surface area contributed by atoms with E-state index >= 15 is 0 Å². The van der Waals surface area contributed by atoms with Gasteiger partial charge in [0.05, 0.1) is 42.6 Å². The van der Waals surface area contributed by atoms with Crippen molar-refractivity contribution in [3.05, 3.63) is 54.5 Å². The average Bonchev–Trinajstić information content (AvgIpc) is 3.11. The minimum atomic E-state index is -0.264. The fraction of sp³-hybridized carbons (Fsp3) is 0.176. The van der Waals surface area contributed by atoms with Crippen LogP contribution in [0.15, 0.2) is 48.8 Å². The molecule has 0 spiro atoms. The van der Waals surface area contributed by atoms with Gasteiger partial charge in [0, 0.05) is 19.3 Å². The zero-order valence-electron chi connectivity index (χ0n) is 13.9. The molecule has 3 heterocycles. The van der Waals surface area contributed by atoms with Crippen molar-refractivity contribution in [2.24, 2.45) is 0 Å². The standard InChI is InChI=1S/C17H18N6O2/c1-18-17(24)21-10-12-9-15(14-5-3-4-8-19-14)23(22-12)13-6-7-16(25-2)20-11-13/h3-9,11H,10H2,1-2H3,(H2,18,21,24). The second kappa shape index (κ2) is 7.43. The van der Waals surface area contributed by atoms with Crippen molar-refractivity contribution in [1.29, 1.82) is 0 Å². The first-order valence-electron chi connectivity index (χ1n) is 7.67. The Hall–Kier alpha value is -3.42. The molecule has 0 atom stereocenters. The van der Waals surface area contributed by atoms with Crippen molar-refractivity contribution in [3.63, 3.8) is 0 Å². The molecule has 8 nitrogen and oxygen atoms in total. The van der Waals surface area contributed by atoms with E-state index < -0.39 is 0 Å². The highest BCUT2D eigenvalue weighted by molar-refractivity contribution is 5.73. The molecule has 8 heteroatoms. The summed E-state index contributed by atoms with van der Waals surface area (Å²) in [6.07, 6.45) is 3.40. The van der Waals surface area contributed by atoms with Crippen LogP contribution in [0.4, 0.5) is 4.79 Å². The quantitative estimate of drug-likeness (QED) is 0.739. The Morgan fingerprint density at radius 3 is 2.76 bits per heavy atom. The molecule has 0 radical (unpaired) electrons. The van der Waals surface area contributed by atoms with Gasteiger partial charge in [-0.2, -0.15) is 5.10 Å². The Morgan fingerprint density at radius 1 is 1.24 bits per heavy atom. The van der Waals surface area contributed by atoms with E-state index in [0.717, 1.165) is 17.1 Å². The van der Waals surface area contributed by atoms with Crippen LogP contribution < -0.4 is 15.4 Å². The molecule has 0 aliphatic carbocycles. The molecule has 0 aromatic carbocycles. The fourth-order valence-electron chi connectivity index (χ4n) is 2.29. The van der Waals surface area contributed by atoms with Gasteiger partial charge in [-0.25, -0.2) is 14.5 Å². The van der Waals surface area contributed by atoms with E-state index in [2.05, 4.69) is 25.7 Å². The van der Waals surface area contributed by atoms with Crippen molar-refractivity contribution in [3.8, 4) is 23.0 Å². The highest BCUT2D eigenvalue weighted by Gasteiger charge is 2.13. The Kier molecular flexibility index (Phi) is 4.89. The van der Waals surface area contributed by atoms with Crippen LogP contribution in [0.3, 0.4) is 0 Å². The molecule has 3 aromatic rings. The maximum Gasteiger partial charge on any atom is 0.314 e. The second-order valence-electron chi connectivity index (χ2n) is 5.14. The molecular weight excluding hydrogens is 320 g/mol. The van der Waals surface area contributed by atoms with Crippen LogP contribution in [0.1, 0.15) is 5.69 Å². The molecule has 0 unspecified atom stereocenters. The molecule has 0 saturated heterocycles. The first kappa shape index (κ1) is 16.4. The first-order chi connectivity index (χ1) is 12.2. The number of urea groups is 1. The summed E-state index contributed by atoms with van der Waals surface area (Å²) >= 11 is 0. The van der Waals surface area contributed by atoms with Crippen LogP contribution in [0, 0.1) is 0 Å². The van der Waals surface area contributed by atoms with E-state index in [4.69, 9.17) is 4.74 Å². The lowest BCUT2D eigenvalue weighted by Gasteiger charge is -2.07. The number of nitrogens with one attached hydrogen (secondary N) is 2. The van der Waals surface area contributed by atoms with Gasteiger partial charge in [-0.05, 0) is 24.3 Å². The second-order valence-corrected chi connectivity index (χ2v) is 5.14. The summed E-state index contributed by atoms with van der Waals surface area (Å²) in [5.74, 6) is 0.525. The van der Waals surface area contributed by atoms with Crippen molar-refractivity contribution >= 4 is 6.03 Å². The van der Waals surface area contributed by atoms with Crippen molar-refractivity contribution in [2.45, 2.75) is 6.54 Å². The topological polar surface area (TPSA) is 94.0 Å². The summed E-state index contributed by atoms with van der Waals surface area (Å²) < 4.78 is 6.84. The average molecular weight is 338 g/mol. The van der Waals surface area contributed by atoms with Crippen LogP contribution in [0.25, 0.3) is 17.1 Å². The first-order valence-corrected chi connectivity index (χ1v) is 7.67. The van der Waals surface area contributed by atoms with Gasteiger partial charge in [0.25, 0.3) is 0 Å². The van der Waals surface area contributed by atoms with E-state index in [0.29, 0.717) is 18.1 Å². The number of hydrogen-bond donors (Lipinski definition) is 2. The largest absolute Gasteiger partial charge is 0.481 e. The third-order valence-corrected chi connectivity index (χ3v) is 3.52. The summed E-state index contributed by atoms with van der Waals surface area (Å²) in [6.45, 7) is 0.302. The lowest BCUT2D eigenvalue weighted by molar-refractivity contribution is 0.242. The lowest BCUT2D eigenvalue weighted by atomic mass is 10.2. The van der Waals surface area contributed by atoms with Gasteiger partial charge in [-0.3, -0.25) is 4.98 Å². The molecule has 0 aliphatic heterocycles. The SMILES string of the molecule is CNC(=O)NCc1cc(-c2ccccn2)n(-c2ccc(OC)nc2)n1. The molecule has 2 N–H and O–H groups in total. The molecular formula is C17H18N6O2. The van der Waals surface area contributed by atoms with Crippen molar-refractivity contribution in [1.82, 2.24) is 30.4 Å². The minimum absolute atomic E-state index is 0.264. The zero-order valence-corrected chi connectivity index (χ0v) is 13.9. The molecule has 0 aliphatic rings. The van der Waals surface area contributed by atoms with E-state index in [1.165, 1.54) is 0 Å².